The van der Waals surface area contributed by atoms with Crippen LogP contribution >= 0.6 is 27.3 Å². The van der Waals surface area contributed by atoms with Crippen molar-refractivity contribution >= 4 is 33.0 Å². The van der Waals surface area contributed by atoms with Gasteiger partial charge < -0.3 is 0 Å². The Balaban J connectivity index is 1.68. The van der Waals surface area contributed by atoms with E-state index in [4.69, 9.17) is 0 Å². The van der Waals surface area contributed by atoms with Gasteiger partial charge in [0.1, 0.15) is 0 Å². The summed E-state index contributed by atoms with van der Waals surface area (Å²) in [6.45, 7) is 0. The monoisotopic (exact) mass is 332 g/mol. The van der Waals surface area contributed by atoms with Gasteiger partial charge in [0, 0.05) is 10.4 Å². The molecule has 1 aromatic heterocycles. The first kappa shape index (κ1) is 11.9. The molecule has 3 unspecified atom stereocenters. The molecule has 0 bridgehead atoms. The van der Waals surface area contributed by atoms with E-state index < -0.39 is 0 Å². The highest BCUT2D eigenvalue weighted by atomic mass is 79.9. The van der Waals surface area contributed by atoms with E-state index in [9.17, 15) is 4.79 Å². The second kappa shape index (κ2) is 4.29. The van der Waals surface area contributed by atoms with Gasteiger partial charge in [-0.3, -0.25) is 4.79 Å². The second-order valence-electron chi connectivity index (χ2n) is 5.41. The quantitative estimate of drug-likeness (QED) is 0.730. The molecule has 0 spiro atoms. The van der Waals surface area contributed by atoms with Crippen molar-refractivity contribution in [2.24, 2.45) is 11.8 Å². The molecule has 0 aliphatic heterocycles. The third-order valence-corrected chi connectivity index (χ3v) is 6.33. The Morgan fingerprint density at radius 2 is 2.11 bits per heavy atom. The molecule has 1 heterocycles. The summed E-state index contributed by atoms with van der Waals surface area (Å²) in [7, 11) is 0. The molecular formula is C16H13BrOS. The van der Waals surface area contributed by atoms with E-state index in [1.807, 2.05) is 11.4 Å². The summed E-state index contributed by atoms with van der Waals surface area (Å²) >= 11 is 5.04. The molecule has 2 aliphatic carbocycles. The van der Waals surface area contributed by atoms with Gasteiger partial charge in [-0.1, -0.05) is 24.3 Å². The molecule has 96 valence electrons. The van der Waals surface area contributed by atoms with Crippen LogP contribution in [0.1, 0.15) is 33.1 Å². The third-order valence-electron chi connectivity index (χ3n) is 4.47. The zero-order chi connectivity index (χ0) is 13.0. The van der Waals surface area contributed by atoms with E-state index in [2.05, 4.69) is 40.2 Å². The normalized spacial score (nSPS) is 27.5. The van der Waals surface area contributed by atoms with Crippen molar-refractivity contribution in [3.05, 3.63) is 56.2 Å². The first-order valence-corrected chi connectivity index (χ1v) is 8.29. The van der Waals surface area contributed by atoms with Crippen molar-refractivity contribution in [3.8, 4) is 0 Å². The molecule has 4 rings (SSSR count). The van der Waals surface area contributed by atoms with Gasteiger partial charge in [-0.15, -0.1) is 11.3 Å². The predicted molar refractivity (Wildman–Crippen MR) is 80.8 cm³/mol. The van der Waals surface area contributed by atoms with E-state index in [0.717, 1.165) is 15.8 Å². The first-order valence-electron chi connectivity index (χ1n) is 6.62. The van der Waals surface area contributed by atoms with E-state index in [1.165, 1.54) is 17.5 Å². The lowest BCUT2D eigenvalue weighted by molar-refractivity contribution is 0.0962. The molecule has 2 aromatic rings. The average Bonchev–Trinajstić information content (AvgIpc) is 3.04. The van der Waals surface area contributed by atoms with Crippen molar-refractivity contribution < 1.29 is 4.79 Å². The highest BCUT2D eigenvalue weighted by Crippen LogP contribution is 2.61. The van der Waals surface area contributed by atoms with E-state index in [0.29, 0.717) is 17.6 Å². The van der Waals surface area contributed by atoms with Crippen LogP contribution in [-0.4, -0.2) is 5.78 Å². The zero-order valence-electron chi connectivity index (χ0n) is 10.3. The minimum Gasteiger partial charge on any atom is -0.293 e. The minimum absolute atomic E-state index is 0.221. The van der Waals surface area contributed by atoms with Crippen LogP contribution in [-0.2, 0) is 6.42 Å². The van der Waals surface area contributed by atoms with Crippen LogP contribution in [0.3, 0.4) is 0 Å². The third kappa shape index (κ3) is 1.75. The average molecular weight is 333 g/mol. The van der Waals surface area contributed by atoms with Gasteiger partial charge >= 0.3 is 0 Å². The Labute approximate surface area is 124 Å². The topological polar surface area (TPSA) is 17.1 Å². The van der Waals surface area contributed by atoms with E-state index in [1.54, 1.807) is 11.3 Å². The molecule has 3 heteroatoms. The van der Waals surface area contributed by atoms with Crippen LogP contribution in [0.15, 0.2) is 40.2 Å². The number of benzene rings is 1. The van der Waals surface area contributed by atoms with Crippen molar-refractivity contribution in [3.63, 3.8) is 0 Å². The summed E-state index contributed by atoms with van der Waals surface area (Å²) in [5.41, 5.74) is 2.87. The SMILES string of the molecule is O=C(c1sccc1Br)C1C2CCc3ccccc3C21. The number of hydrogen-bond donors (Lipinski definition) is 0. The molecule has 1 aromatic carbocycles. The van der Waals surface area contributed by atoms with Crippen LogP contribution in [0.5, 0.6) is 0 Å². The lowest BCUT2D eigenvalue weighted by Crippen LogP contribution is -2.02. The molecule has 0 N–H and O–H groups in total. The fourth-order valence-electron chi connectivity index (χ4n) is 3.54. The Hall–Kier alpha value is -0.930. The maximum absolute atomic E-state index is 12.6. The van der Waals surface area contributed by atoms with Crippen LogP contribution in [0.2, 0.25) is 0 Å². The standard InChI is InChI=1S/C16H13BrOS/c17-12-7-8-19-16(12)15(18)14-11-6-5-9-3-1-2-4-10(9)13(11)14/h1-4,7-8,11,13-14H,5-6H2. The molecule has 0 radical (unpaired) electrons. The van der Waals surface area contributed by atoms with Gasteiger partial charge in [-0.2, -0.15) is 0 Å². The summed E-state index contributed by atoms with van der Waals surface area (Å²) in [5.74, 6) is 1.62. The van der Waals surface area contributed by atoms with Crippen molar-refractivity contribution in [2.45, 2.75) is 18.8 Å². The Morgan fingerprint density at radius 3 is 2.89 bits per heavy atom. The largest absolute Gasteiger partial charge is 0.293 e. The Kier molecular flexibility index (Phi) is 2.68. The highest BCUT2D eigenvalue weighted by molar-refractivity contribution is 9.10. The number of rotatable bonds is 2. The van der Waals surface area contributed by atoms with Crippen LogP contribution in [0.25, 0.3) is 0 Å². The molecule has 0 saturated heterocycles. The van der Waals surface area contributed by atoms with Crippen molar-refractivity contribution in [1.82, 2.24) is 0 Å². The van der Waals surface area contributed by atoms with Crippen LogP contribution in [0, 0.1) is 11.8 Å². The number of halogens is 1. The van der Waals surface area contributed by atoms with Gasteiger partial charge in [0.25, 0.3) is 0 Å². The summed E-state index contributed by atoms with van der Waals surface area (Å²) in [6.07, 6.45) is 2.30. The van der Waals surface area contributed by atoms with Gasteiger partial charge in [0.15, 0.2) is 5.78 Å². The maximum atomic E-state index is 12.6. The number of thiophene rings is 1. The summed E-state index contributed by atoms with van der Waals surface area (Å²) in [4.78, 5) is 13.5. The maximum Gasteiger partial charge on any atom is 0.177 e. The Bertz CT molecular complexity index is 660. The number of carbonyl (C=O) groups is 1. The summed E-state index contributed by atoms with van der Waals surface area (Å²) in [6, 6.07) is 10.6. The van der Waals surface area contributed by atoms with E-state index >= 15 is 0 Å². The number of carbonyl (C=O) groups excluding carboxylic acids is 1. The van der Waals surface area contributed by atoms with Crippen LogP contribution in [0.4, 0.5) is 0 Å². The van der Waals surface area contributed by atoms with Gasteiger partial charge in [-0.25, -0.2) is 0 Å². The number of ketones is 1. The first-order chi connectivity index (χ1) is 9.27. The summed E-state index contributed by atoms with van der Waals surface area (Å²) in [5, 5.41) is 1.98. The number of Topliss-reactive ketones (excluding diaryl/α,β-unsaturated/α-hetero) is 1. The molecule has 1 nitrogen and oxygen atoms in total. The molecule has 1 fully saturated rings. The lowest BCUT2D eigenvalue weighted by Gasteiger charge is -2.13. The van der Waals surface area contributed by atoms with Gasteiger partial charge in [-0.05, 0) is 63.2 Å². The second-order valence-corrected chi connectivity index (χ2v) is 7.19. The lowest BCUT2D eigenvalue weighted by atomic mass is 9.92. The zero-order valence-corrected chi connectivity index (χ0v) is 12.7. The molecule has 2 aliphatic rings. The van der Waals surface area contributed by atoms with Gasteiger partial charge in [0.2, 0.25) is 0 Å². The van der Waals surface area contributed by atoms with Crippen molar-refractivity contribution in [2.75, 3.05) is 0 Å². The molecular weight excluding hydrogens is 320 g/mol. The number of hydrogen-bond acceptors (Lipinski definition) is 2. The van der Waals surface area contributed by atoms with Crippen molar-refractivity contribution in [1.29, 1.82) is 0 Å². The highest BCUT2D eigenvalue weighted by Gasteiger charge is 2.57. The molecule has 3 atom stereocenters. The summed E-state index contributed by atoms with van der Waals surface area (Å²) < 4.78 is 0.958. The van der Waals surface area contributed by atoms with Gasteiger partial charge in [0.05, 0.1) is 4.88 Å². The fourth-order valence-corrected chi connectivity index (χ4v) is 5.10. The number of aryl methyl sites for hydroxylation is 1. The number of fused-ring (bicyclic) bond motifs is 3. The smallest absolute Gasteiger partial charge is 0.177 e. The van der Waals surface area contributed by atoms with Crippen LogP contribution < -0.4 is 0 Å². The minimum atomic E-state index is 0.221. The predicted octanol–water partition coefficient (Wildman–Crippen LogP) is 4.67. The fraction of sp³-hybridized carbons (Fsp3) is 0.312. The van der Waals surface area contributed by atoms with E-state index in [-0.39, 0.29) is 5.92 Å². The molecule has 1 saturated carbocycles. The molecule has 0 amide bonds. The molecule has 19 heavy (non-hydrogen) atoms. The Morgan fingerprint density at radius 1 is 1.26 bits per heavy atom.